The minimum Gasteiger partial charge on any atom is -0.481 e. The minimum atomic E-state index is -1.12. The van der Waals surface area contributed by atoms with Crippen molar-refractivity contribution in [1.29, 1.82) is 0 Å². The number of carbonyl (C=O) groups excluding carboxylic acids is 1. The van der Waals surface area contributed by atoms with E-state index in [2.05, 4.69) is 10.4 Å². The molecule has 1 rings (SSSR count). The summed E-state index contributed by atoms with van der Waals surface area (Å²) >= 11 is 0. The second-order valence-corrected chi connectivity index (χ2v) is 4.05. The Labute approximate surface area is 99.6 Å². The molecule has 1 unspecified atom stereocenters. The summed E-state index contributed by atoms with van der Waals surface area (Å²) in [7, 11) is 1.83. The number of carboxylic acid groups (broad SMARTS) is 1. The highest BCUT2D eigenvalue weighted by Gasteiger charge is 2.20. The van der Waals surface area contributed by atoms with Gasteiger partial charge in [0.1, 0.15) is 5.92 Å². The second kappa shape index (κ2) is 4.99. The second-order valence-electron chi connectivity index (χ2n) is 4.05. The molecule has 94 valence electrons. The molecule has 0 fully saturated rings. The van der Waals surface area contributed by atoms with Gasteiger partial charge in [-0.1, -0.05) is 0 Å². The van der Waals surface area contributed by atoms with Crippen molar-refractivity contribution in [3.8, 4) is 0 Å². The third-order valence-electron chi connectivity index (χ3n) is 2.86. The fourth-order valence-electron chi connectivity index (χ4n) is 1.51. The molecule has 1 aromatic rings. The number of hydrogen-bond acceptors (Lipinski definition) is 3. The monoisotopic (exact) mass is 239 g/mol. The maximum Gasteiger partial charge on any atom is 0.315 e. The first-order valence-corrected chi connectivity index (χ1v) is 5.34. The fraction of sp³-hybridized carbons (Fsp3) is 0.545. The molecule has 0 bridgehead atoms. The zero-order chi connectivity index (χ0) is 13.2. The van der Waals surface area contributed by atoms with Gasteiger partial charge in [-0.2, -0.15) is 5.10 Å². The van der Waals surface area contributed by atoms with E-state index in [1.807, 2.05) is 20.9 Å². The summed E-state index contributed by atoms with van der Waals surface area (Å²) in [6.07, 6.45) is 0. The fourth-order valence-corrected chi connectivity index (χ4v) is 1.51. The lowest BCUT2D eigenvalue weighted by Crippen LogP contribution is -2.33. The molecule has 0 saturated heterocycles. The van der Waals surface area contributed by atoms with Gasteiger partial charge in [0.2, 0.25) is 5.91 Å². The Morgan fingerprint density at radius 2 is 2.06 bits per heavy atom. The average Bonchev–Trinajstić information content (AvgIpc) is 2.49. The summed E-state index contributed by atoms with van der Waals surface area (Å²) in [5.74, 6) is -2.64. The lowest BCUT2D eigenvalue weighted by molar-refractivity contribution is -0.146. The van der Waals surface area contributed by atoms with Crippen LogP contribution in [-0.2, 0) is 23.2 Å². The van der Waals surface area contributed by atoms with Crippen LogP contribution in [0.15, 0.2) is 0 Å². The maximum absolute atomic E-state index is 11.5. The molecule has 2 N–H and O–H groups in total. The molecule has 0 aliphatic rings. The molecule has 0 aliphatic carbocycles. The molecule has 0 aliphatic heterocycles. The van der Waals surface area contributed by atoms with Crippen LogP contribution in [0.1, 0.15) is 23.9 Å². The van der Waals surface area contributed by atoms with Gasteiger partial charge >= 0.3 is 5.97 Å². The number of carbonyl (C=O) groups is 2. The van der Waals surface area contributed by atoms with Crippen LogP contribution in [0.25, 0.3) is 0 Å². The van der Waals surface area contributed by atoms with E-state index in [1.165, 1.54) is 6.92 Å². The van der Waals surface area contributed by atoms with Gasteiger partial charge in [-0.15, -0.1) is 0 Å². The van der Waals surface area contributed by atoms with Gasteiger partial charge in [0.05, 0.1) is 5.69 Å². The number of amides is 1. The average molecular weight is 239 g/mol. The third kappa shape index (κ3) is 2.83. The van der Waals surface area contributed by atoms with Gasteiger partial charge in [0.25, 0.3) is 0 Å². The number of aliphatic carboxylic acids is 1. The van der Waals surface area contributed by atoms with Crippen molar-refractivity contribution in [1.82, 2.24) is 15.1 Å². The predicted molar refractivity (Wildman–Crippen MR) is 61.3 cm³/mol. The molecule has 1 aromatic heterocycles. The normalized spacial score (nSPS) is 12.2. The number of rotatable bonds is 4. The van der Waals surface area contributed by atoms with Crippen molar-refractivity contribution in [2.24, 2.45) is 13.0 Å². The Bertz CT molecular complexity index is 451. The van der Waals surface area contributed by atoms with Crippen LogP contribution in [-0.4, -0.2) is 26.8 Å². The molecular formula is C11H17N3O3. The highest BCUT2D eigenvalue weighted by Crippen LogP contribution is 2.11. The Hall–Kier alpha value is -1.85. The lowest BCUT2D eigenvalue weighted by atomic mass is 10.1. The van der Waals surface area contributed by atoms with Crippen molar-refractivity contribution in [2.45, 2.75) is 27.3 Å². The minimum absolute atomic E-state index is 0.307. The summed E-state index contributed by atoms with van der Waals surface area (Å²) in [6.45, 7) is 5.43. The zero-order valence-electron chi connectivity index (χ0n) is 10.4. The number of carboxylic acids is 1. The summed E-state index contributed by atoms with van der Waals surface area (Å²) in [5, 5.41) is 15.5. The number of aryl methyl sites for hydroxylation is 2. The van der Waals surface area contributed by atoms with Gasteiger partial charge in [0.15, 0.2) is 0 Å². The van der Waals surface area contributed by atoms with Crippen LogP contribution >= 0.6 is 0 Å². The van der Waals surface area contributed by atoms with Gasteiger partial charge in [0, 0.05) is 24.8 Å². The number of hydrogen-bond donors (Lipinski definition) is 2. The maximum atomic E-state index is 11.5. The first kappa shape index (κ1) is 13.2. The lowest BCUT2D eigenvalue weighted by Gasteiger charge is -2.08. The Morgan fingerprint density at radius 1 is 1.47 bits per heavy atom. The number of nitrogens with one attached hydrogen (secondary N) is 1. The standard InChI is InChI=1S/C11H17N3O3/c1-6(11(16)17)10(15)12-5-9-7(2)13-14(4)8(9)3/h6H,5H2,1-4H3,(H,12,15)(H,16,17). The van der Waals surface area contributed by atoms with E-state index in [9.17, 15) is 9.59 Å². The van der Waals surface area contributed by atoms with E-state index in [0.29, 0.717) is 6.54 Å². The van der Waals surface area contributed by atoms with Gasteiger partial charge < -0.3 is 10.4 Å². The predicted octanol–water partition coefficient (Wildman–Crippen LogP) is 0.374. The Morgan fingerprint density at radius 3 is 2.47 bits per heavy atom. The SMILES string of the molecule is Cc1nn(C)c(C)c1CNC(=O)C(C)C(=O)O. The highest BCUT2D eigenvalue weighted by atomic mass is 16.4. The quantitative estimate of drug-likeness (QED) is 0.744. The van der Waals surface area contributed by atoms with Gasteiger partial charge in [-0.25, -0.2) is 0 Å². The number of nitrogens with zero attached hydrogens (tertiary/aromatic N) is 2. The van der Waals surface area contributed by atoms with Crippen molar-refractivity contribution in [3.05, 3.63) is 17.0 Å². The van der Waals surface area contributed by atoms with E-state index in [4.69, 9.17) is 5.11 Å². The van der Waals surface area contributed by atoms with Crippen molar-refractivity contribution in [2.75, 3.05) is 0 Å². The van der Waals surface area contributed by atoms with E-state index in [0.717, 1.165) is 17.0 Å². The van der Waals surface area contributed by atoms with E-state index in [-0.39, 0.29) is 0 Å². The van der Waals surface area contributed by atoms with Crippen molar-refractivity contribution < 1.29 is 14.7 Å². The molecule has 0 radical (unpaired) electrons. The number of aromatic nitrogens is 2. The summed E-state index contributed by atoms with van der Waals surface area (Å²) in [4.78, 5) is 22.1. The molecule has 0 aromatic carbocycles. The molecule has 1 heterocycles. The molecule has 17 heavy (non-hydrogen) atoms. The van der Waals surface area contributed by atoms with Crippen molar-refractivity contribution >= 4 is 11.9 Å². The largest absolute Gasteiger partial charge is 0.481 e. The summed E-state index contributed by atoms with van der Waals surface area (Å²) in [5.41, 5.74) is 2.73. The smallest absolute Gasteiger partial charge is 0.315 e. The van der Waals surface area contributed by atoms with E-state index >= 15 is 0 Å². The van der Waals surface area contributed by atoms with Crippen LogP contribution in [0.2, 0.25) is 0 Å². The Kier molecular flexibility index (Phi) is 3.88. The molecular weight excluding hydrogens is 222 g/mol. The van der Waals surface area contributed by atoms with Crippen LogP contribution < -0.4 is 5.32 Å². The van der Waals surface area contributed by atoms with Crippen LogP contribution in [0.5, 0.6) is 0 Å². The van der Waals surface area contributed by atoms with Crippen LogP contribution in [0.3, 0.4) is 0 Å². The molecule has 0 spiro atoms. The van der Waals surface area contributed by atoms with Gasteiger partial charge in [-0.3, -0.25) is 14.3 Å². The summed E-state index contributed by atoms with van der Waals surface area (Å²) in [6, 6.07) is 0. The topological polar surface area (TPSA) is 84.2 Å². The van der Waals surface area contributed by atoms with E-state index < -0.39 is 17.8 Å². The molecule has 6 heteroatoms. The van der Waals surface area contributed by atoms with Crippen LogP contribution in [0, 0.1) is 19.8 Å². The third-order valence-corrected chi connectivity index (χ3v) is 2.86. The first-order valence-electron chi connectivity index (χ1n) is 5.34. The Balaban J connectivity index is 2.68. The first-order chi connectivity index (χ1) is 7.84. The van der Waals surface area contributed by atoms with Crippen molar-refractivity contribution in [3.63, 3.8) is 0 Å². The highest BCUT2D eigenvalue weighted by molar-refractivity contribution is 5.96. The molecule has 1 amide bonds. The summed E-state index contributed by atoms with van der Waals surface area (Å²) < 4.78 is 1.73. The van der Waals surface area contributed by atoms with Gasteiger partial charge in [-0.05, 0) is 20.8 Å². The van der Waals surface area contributed by atoms with Crippen LogP contribution in [0.4, 0.5) is 0 Å². The molecule has 6 nitrogen and oxygen atoms in total. The van der Waals surface area contributed by atoms with E-state index in [1.54, 1.807) is 4.68 Å². The molecule has 1 atom stereocenters. The molecule has 0 saturated carbocycles. The zero-order valence-corrected chi connectivity index (χ0v) is 10.4.